The molecular formula is C19H15ClF2N4O2. The van der Waals surface area contributed by atoms with Crippen molar-refractivity contribution in [1.29, 1.82) is 0 Å². The molecule has 144 valence electrons. The number of fused-ring (bicyclic) bond motifs is 1. The number of aromatic nitrogens is 2. The van der Waals surface area contributed by atoms with Gasteiger partial charge in [-0.1, -0.05) is 23.7 Å². The van der Waals surface area contributed by atoms with Gasteiger partial charge >= 0.3 is 6.03 Å². The molecule has 1 aromatic heterocycles. The third-order valence-electron chi connectivity index (χ3n) is 4.33. The van der Waals surface area contributed by atoms with Crippen molar-refractivity contribution < 1.29 is 18.3 Å². The minimum absolute atomic E-state index is 0.254. The first-order valence-corrected chi connectivity index (χ1v) is 8.89. The van der Waals surface area contributed by atoms with Gasteiger partial charge in [-0.05, 0) is 18.2 Å². The Balaban J connectivity index is 1.45. The molecule has 2 heterocycles. The summed E-state index contributed by atoms with van der Waals surface area (Å²) in [6.45, 7) is 0.437. The molecule has 9 heteroatoms. The van der Waals surface area contributed by atoms with E-state index in [1.54, 1.807) is 18.2 Å². The van der Waals surface area contributed by atoms with E-state index in [1.807, 2.05) is 6.07 Å². The maximum atomic E-state index is 13.4. The third kappa shape index (κ3) is 3.63. The SMILES string of the molecule is O=C(Nc1ccn(-c2ccc(F)c(F)c2)n1)N[C@H]1CCOc2c(Cl)cccc21. The molecule has 0 fully saturated rings. The Bertz CT molecular complexity index is 1040. The Morgan fingerprint density at radius 3 is 2.89 bits per heavy atom. The van der Waals surface area contributed by atoms with Crippen molar-refractivity contribution in [3.05, 3.63) is 70.9 Å². The van der Waals surface area contributed by atoms with E-state index in [2.05, 4.69) is 15.7 Å². The predicted molar refractivity (Wildman–Crippen MR) is 99.9 cm³/mol. The molecule has 2 amide bonds. The lowest BCUT2D eigenvalue weighted by molar-refractivity contribution is 0.232. The lowest BCUT2D eigenvalue weighted by atomic mass is 10.0. The standard InChI is InChI=1S/C19H15ClF2N4O2/c20-13-3-1-2-12-16(7-9-28-18(12)13)23-19(27)24-17-6-8-26(25-17)11-4-5-14(21)15(22)10-11/h1-6,8,10,16H,7,9H2,(H2,23,24,25,27)/t16-/m0/s1. The van der Waals surface area contributed by atoms with Crippen LogP contribution in [0.2, 0.25) is 5.02 Å². The maximum Gasteiger partial charge on any atom is 0.320 e. The van der Waals surface area contributed by atoms with Gasteiger partial charge in [0.15, 0.2) is 17.5 Å². The molecule has 1 atom stereocenters. The molecule has 1 aliphatic rings. The molecule has 0 spiro atoms. The number of para-hydroxylation sites is 1. The molecule has 0 saturated heterocycles. The van der Waals surface area contributed by atoms with Crippen molar-refractivity contribution in [2.45, 2.75) is 12.5 Å². The lowest BCUT2D eigenvalue weighted by Crippen LogP contribution is -2.35. The van der Waals surface area contributed by atoms with Gasteiger partial charge in [0.1, 0.15) is 5.75 Å². The van der Waals surface area contributed by atoms with Crippen molar-refractivity contribution in [3.8, 4) is 11.4 Å². The highest BCUT2D eigenvalue weighted by Crippen LogP contribution is 2.37. The van der Waals surface area contributed by atoms with Crippen LogP contribution in [-0.2, 0) is 0 Å². The van der Waals surface area contributed by atoms with Crippen LogP contribution in [0.1, 0.15) is 18.0 Å². The monoisotopic (exact) mass is 404 g/mol. The van der Waals surface area contributed by atoms with Crippen molar-refractivity contribution in [1.82, 2.24) is 15.1 Å². The predicted octanol–water partition coefficient (Wildman–Crippen LogP) is 4.45. The summed E-state index contributed by atoms with van der Waals surface area (Å²) >= 11 is 6.14. The second-order valence-electron chi connectivity index (χ2n) is 6.19. The molecule has 2 N–H and O–H groups in total. The molecule has 6 nitrogen and oxygen atoms in total. The summed E-state index contributed by atoms with van der Waals surface area (Å²) in [5, 5.41) is 10.1. The largest absolute Gasteiger partial charge is 0.492 e. The fraction of sp³-hybridized carbons (Fsp3) is 0.158. The number of rotatable bonds is 3. The molecule has 0 bridgehead atoms. The van der Waals surface area contributed by atoms with Gasteiger partial charge in [-0.25, -0.2) is 18.3 Å². The zero-order chi connectivity index (χ0) is 19.7. The van der Waals surface area contributed by atoms with Gasteiger partial charge in [0.05, 0.1) is 23.4 Å². The van der Waals surface area contributed by atoms with Crippen molar-refractivity contribution in [2.24, 2.45) is 0 Å². The van der Waals surface area contributed by atoms with Gasteiger partial charge in [0.2, 0.25) is 0 Å². The van der Waals surface area contributed by atoms with Crippen LogP contribution in [-0.4, -0.2) is 22.4 Å². The zero-order valence-electron chi connectivity index (χ0n) is 14.5. The first kappa shape index (κ1) is 18.2. The molecule has 1 aliphatic heterocycles. The highest BCUT2D eigenvalue weighted by molar-refractivity contribution is 6.32. The molecule has 0 saturated carbocycles. The number of benzene rings is 2. The van der Waals surface area contributed by atoms with E-state index in [0.717, 1.165) is 17.7 Å². The topological polar surface area (TPSA) is 68.2 Å². The third-order valence-corrected chi connectivity index (χ3v) is 4.63. The summed E-state index contributed by atoms with van der Waals surface area (Å²) in [7, 11) is 0. The second-order valence-corrected chi connectivity index (χ2v) is 6.60. The number of hydrogen-bond donors (Lipinski definition) is 2. The highest BCUT2D eigenvalue weighted by Gasteiger charge is 2.24. The number of carbonyl (C=O) groups is 1. The summed E-state index contributed by atoms with van der Waals surface area (Å²) in [6.07, 6.45) is 2.13. The number of ether oxygens (including phenoxy) is 1. The molecule has 3 aromatic rings. The molecule has 0 unspecified atom stereocenters. The Labute approximate surface area is 164 Å². The summed E-state index contributed by atoms with van der Waals surface area (Å²) in [4.78, 5) is 12.4. The van der Waals surface area contributed by atoms with Crippen molar-refractivity contribution >= 4 is 23.4 Å². The van der Waals surface area contributed by atoms with Crippen LogP contribution < -0.4 is 15.4 Å². The number of anilines is 1. The average molecular weight is 405 g/mol. The Morgan fingerprint density at radius 1 is 1.21 bits per heavy atom. The number of amides is 2. The fourth-order valence-corrected chi connectivity index (χ4v) is 3.25. The average Bonchev–Trinajstić information content (AvgIpc) is 3.13. The minimum atomic E-state index is -0.975. The maximum absolute atomic E-state index is 13.4. The van der Waals surface area contributed by atoms with Crippen LogP contribution >= 0.6 is 11.6 Å². The molecular weight excluding hydrogens is 390 g/mol. The number of nitrogens with one attached hydrogen (secondary N) is 2. The minimum Gasteiger partial charge on any atom is -0.492 e. The first-order chi connectivity index (χ1) is 13.5. The van der Waals surface area contributed by atoms with E-state index >= 15 is 0 Å². The Kier molecular flexibility index (Phi) is 4.87. The highest BCUT2D eigenvalue weighted by atomic mass is 35.5. The van der Waals surface area contributed by atoms with Crippen molar-refractivity contribution in [3.63, 3.8) is 0 Å². The number of nitrogens with zero attached hydrogens (tertiary/aromatic N) is 2. The van der Waals surface area contributed by atoms with Gasteiger partial charge < -0.3 is 10.1 Å². The Hall–Kier alpha value is -3.13. The van der Waals surface area contributed by atoms with Crippen LogP contribution in [0.3, 0.4) is 0 Å². The van der Waals surface area contributed by atoms with E-state index in [-0.39, 0.29) is 11.9 Å². The molecule has 4 rings (SSSR count). The fourth-order valence-electron chi connectivity index (χ4n) is 3.01. The number of halogens is 3. The van der Waals surface area contributed by atoms with E-state index in [1.165, 1.54) is 16.9 Å². The molecule has 0 aliphatic carbocycles. The van der Waals surface area contributed by atoms with Crippen LogP contribution in [0, 0.1) is 11.6 Å². The molecule has 2 aromatic carbocycles. The van der Waals surface area contributed by atoms with Crippen LogP contribution in [0.4, 0.5) is 19.4 Å². The van der Waals surface area contributed by atoms with Crippen LogP contribution in [0.5, 0.6) is 5.75 Å². The summed E-state index contributed by atoms with van der Waals surface area (Å²) in [6, 6.07) is 9.65. The lowest BCUT2D eigenvalue weighted by Gasteiger charge is -2.27. The van der Waals surface area contributed by atoms with Gasteiger partial charge in [-0.15, -0.1) is 5.10 Å². The van der Waals surface area contributed by atoms with E-state index in [4.69, 9.17) is 16.3 Å². The second kappa shape index (κ2) is 7.47. The summed E-state index contributed by atoms with van der Waals surface area (Å²) in [5.74, 6) is -1.08. The molecule has 0 radical (unpaired) electrons. The van der Waals surface area contributed by atoms with Gasteiger partial charge in [-0.3, -0.25) is 5.32 Å². The number of urea groups is 1. The quantitative estimate of drug-likeness (QED) is 0.677. The van der Waals surface area contributed by atoms with Crippen LogP contribution in [0.25, 0.3) is 5.69 Å². The van der Waals surface area contributed by atoms with Gasteiger partial charge in [0, 0.05) is 30.3 Å². The van der Waals surface area contributed by atoms with Crippen LogP contribution in [0.15, 0.2) is 48.7 Å². The Morgan fingerprint density at radius 2 is 2.07 bits per heavy atom. The van der Waals surface area contributed by atoms with E-state index < -0.39 is 17.7 Å². The van der Waals surface area contributed by atoms with Gasteiger partial charge in [0.25, 0.3) is 0 Å². The van der Waals surface area contributed by atoms with Gasteiger partial charge in [-0.2, -0.15) is 0 Å². The van der Waals surface area contributed by atoms with E-state index in [0.29, 0.717) is 29.5 Å². The zero-order valence-corrected chi connectivity index (χ0v) is 15.2. The summed E-state index contributed by atoms with van der Waals surface area (Å²) < 4.78 is 33.3. The smallest absolute Gasteiger partial charge is 0.320 e. The number of carbonyl (C=O) groups excluding carboxylic acids is 1. The number of hydrogen-bond acceptors (Lipinski definition) is 3. The normalized spacial score (nSPS) is 15.5. The van der Waals surface area contributed by atoms with E-state index in [9.17, 15) is 13.6 Å². The molecule has 28 heavy (non-hydrogen) atoms. The first-order valence-electron chi connectivity index (χ1n) is 8.51. The van der Waals surface area contributed by atoms with Crippen molar-refractivity contribution in [2.75, 3.05) is 11.9 Å². The summed E-state index contributed by atoms with van der Waals surface area (Å²) in [5.41, 5.74) is 1.14.